The van der Waals surface area contributed by atoms with Crippen LogP contribution in [-0.4, -0.2) is 18.0 Å². The first-order valence-corrected chi connectivity index (χ1v) is 3.70. The van der Waals surface area contributed by atoms with Crippen molar-refractivity contribution in [1.29, 1.82) is 5.26 Å². The highest BCUT2D eigenvalue weighted by Gasteiger charge is 2.27. The SMILES string of the molecule is N#CC1CC2C=CN(C1)C2. The van der Waals surface area contributed by atoms with Crippen LogP contribution in [0.1, 0.15) is 6.42 Å². The highest BCUT2D eigenvalue weighted by atomic mass is 15.1. The van der Waals surface area contributed by atoms with Gasteiger partial charge in [-0.25, -0.2) is 0 Å². The van der Waals surface area contributed by atoms with E-state index in [0.29, 0.717) is 5.92 Å². The van der Waals surface area contributed by atoms with Crippen LogP contribution in [0.3, 0.4) is 0 Å². The summed E-state index contributed by atoms with van der Waals surface area (Å²) in [5, 5.41) is 8.65. The lowest BCUT2D eigenvalue weighted by atomic mass is 9.93. The Hall–Kier alpha value is -0.970. The molecular weight excluding hydrogens is 124 g/mol. The average molecular weight is 134 g/mol. The largest absolute Gasteiger partial charge is 0.376 e. The minimum atomic E-state index is 0.272. The Morgan fingerprint density at radius 2 is 2.40 bits per heavy atom. The second-order valence-corrected chi connectivity index (χ2v) is 3.12. The van der Waals surface area contributed by atoms with E-state index in [4.69, 9.17) is 5.26 Å². The molecule has 1 fully saturated rings. The van der Waals surface area contributed by atoms with Crippen molar-refractivity contribution in [3.8, 4) is 6.07 Å². The van der Waals surface area contributed by atoms with Gasteiger partial charge in [0.25, 0.3) is 0 Å². The number of hydrogen-bond donors (Lipinski definition) is 0. The molecule has 2 bridgehead atoms. The zero-order valence-corrected chi connectivity index (χ0v) is 5.83. The number of nitriles is 1. The van der Waals surface area contributed by atoms with Crippen molar-refractivity contribution in [2.75, 3.05) is 13.1 Å². The molecule has 2 aliphatic heterocycles. The van der Waals surface area contributed by atoms with Gasteiger partial charge in [0.05, 0.1) is 12.0 Å². The summed E-state index contributed by atoms with van der Waals surface area (Å²) < 4.78 is 0. The van der Waals surface area contributed by atoms with E-state index in [-0.39, 0.29) is 5.92 Å². The van der Waals surface area contributed by atoms with Crippen molar-refractivity contribution in [2.45, 2.75) is 6.42 Å². The molecule has 0 N–H and O–H groups in total. The zero-order valence-electron chi connectivity index (χ0n) is 5.83. The van der Waals surface area contributed by atoms with Crippen LogP contribution in [-0.2, 0) is 0 Å². The Morgan fingerprint density at radius 3 is 3.10 bits per heavy atom. The highest BCUT2D eigenvalue weighted by Crippen LogP contribution is 2.27. The summed E-state index contributed by atoms with van der Waals surface area (Å²) in [6, 6.07) is 2.32. The molecule has 2 aliphatic rings. The fourth-order valence-corrected chi connectivity index (χ4v) is 1.77. The van der Waals surface area contributed by atoms with Gasteiger partial charge in [0.1, 0.15) is 0 Å². The van der Waals surface area contributed by atoms with E-state index in [1.807, 2.05) is 0 Å². The molecule has 0 amide bonds. The third kappa shape index (κ3) is 0.786. The summed E-state index contributed by atoms with van der Waals surface area (Å²) in [4.78, 5) is 2.24. The van der Waals surface area contributed by atoms with Gasteiger partial charge in [-0.15, -0.1) is 0 Å². The number of rotatable bonds is 0. The summed E-state index contributed by atoms with van der Waals surface area (Å²) in [7, 11) is 0. The first-order valence-electron chi connectivity index (χ1n) is 3.70. The number of hydrogen-bond acceptors (Lipinski definition) is 2. The fraction of sp³-hybridized carbons (Fsp3) is 0.625. The van der Waals surface area contributed by atoms with Crippen molar-refractivity contribution < 1.29 is 0 Å². The van der Waals surface area contributed by atoms with E-state index in [9.17, 15) is 0 Å². The van der Waals surface area contributed by atoms with Gasteiger partial charge in [-0.2, -0.15) is 5.26 Å². The Morgan fingerprint density at radius 1 is 1.50 bits per heavy atom. The topological polar surface area (TPSA) is 27.0 Å². The normalized spacial score (nSPS) is 36.1. The van der Waals surface area contributed by atoms with Crippen LogP contribution in [0.2, 0.25) is 0 Å². The first kappa shape index (κ1) is 5.79. The predicted molar refractivity (Wildman–Crippen MR) is 37.9 cm³/mol. The number of fused-ring (bicyclic) bond motifs is 2. The van der Waals surface area contributed by atoms with Crippen LogP contribution in [0, 0.1) is 23.2 Å². The number of nitrogens with zero attached hydrogens (tertiary/aromatic N) is 2. The van der Waals surface area contributed by atoms with Gasteiger partial charge in [0.15, 0.2) is 0 Å². The molecule has 0 aromatic heterocycles. The molecule has 0 aromatic carbocycles. The Kier molecular flexibility index (Phi) is 1.17. The van der Waals surface area contributed by atoms with E-state index in [0.717, 1.165) is 19.5 Å². The molecule has 2 atom stereocenters. The minimum Gasteiger partial charge on any atom is -0.376 e. The molecule has 2 rings (SSSR count). The second kappa shape index (κ2) is 2.02. The summed E-state index contributed by atoms with van der Waals surface area (Å²) >= 11 is 0. The van der Waals surface area contributed by atoms with Gasteiger partial charge in [-0.1, -0.05) is 6.08 Å². The van der Waals surface area contributed by atoms with Crippen molar-refractivity contribution in [1.82, 2.24) is 4.90 Å². The monoisotopic (exact) mass is 134 g/mol. The lowest BCUT2D eigenvalue weighted by molar-refractivity contribution is 0.256. The Balaban J connectivity index is 2.09. The molecule has 0 spiro atoms. The average Bonchev–Trinajstić information content (AvgIpc) is 2.30. The van der Waals surface area contributed by atoms with Crippen molar-refractivity contribution in [3.63, 3.8) is 0 Å². The van der Waals surface area contributed by atoms with E-state index in [2.05, 4.69) is 23.2 Å². The Labute approximate surface area is 60.7 Å². The van der Waals surface area contributed by atoms with E-state index < -0.39 is 0 Å². The molecular formula is C8H10N2. The van der Waals surface area contributed by atoms with Gasteiger partial charge in [0, 0.05) is 13.1 Å². The Bertz CT molecular complexity index is 188. The van der Waals surface area contributed by atoms with Gasteiger partial charge in [0.2, 0.25) is 0 Å². The van der Waals surface area contributed by atoms with E-state index in [1.54, 1.807) is 0 Å². The van der Waals surface area contributed by atoms with Gasteiger partial charge >= 0.3 is 0 Å². The fourth-order valence-electron chi connectivity index (χ4n) is 1.77. The summed E-state index contributed by atoms with van der Waals surface area (Å²) in [6.45, 7) is 2.10. The quantitative estimate of drug-likeness (QED) is 0.493. The minimum absolute atomic E-state index is 0.272. The third-order valence-electron chi connectivity index (χ3n) is 2.26. The van der Waals surface area contributed by atoms with Gasteiger partial charge in [-0.05, 0) is 18.5 Å². The lowest BCUT2D eigenvalue weighted by Gasteiger charge is -2.26. The molecule has 0 aromatic rings. The predicted octanol–water partition coefficient (Wildman–Crippen LogP) is 0.975. The molecule has 0 radical (unpaired) electrons. The smallest absolute Gasteiger partial charge is 0.0674 e. The summed E-state index contributed by atoms with van der Waals surface area (Å²) in [6.07, 6.45) is 5.42. The third-order valence-corrected chi connectivity index (χ3v) is 2.26. The maximum absolute atomic E-state index is 8.65. The molecule has 2 nitrogen and oxygen atoms in total. The maximum Gasteiger partial charge on any atom is 0.0674 e. The van der Waals surface area contributed by atoms with Crippen LogP contribution in [0.4, 0.5) is 0 Å². The lowest BCUT2D eigenvalue weighted by Crippen LogP contribution is -2.31. The molecule has 0 saturated carbocycles. The van der Waals surface area contributed by atoms with Crippen molar-refractivity contribution in [2.24, 2.45) is 11.8 Å². The van der Waals surface area contributed by atoms with Crippen LogP contribution in [0.25, 0.3) is 0 Å². The maximum atomic E-state index is 8.65. The molecule has 1 saturated heterocycles. The molecule has 0 aliphatic carbocycles. The zero-order chi connectivity index (χ0) is 6.97. The van der Waals surface area contributed by atoms with Crippen LogP contribution in [0.5, 0.6) is 0 Å². The molecule has 52 valence electrons. The second-order valence-electron chi connectivity index (χ2n) is 3.12. The van der Waals surface area contributed by atoms with E-state index >= 15 is 0 Å². The van der Waals surface area contributed by atoms with Crippen LogP contribution in [0.15, 0.2) is 12.3 Å². The van der Waals surface area contributed by atoms with Crippen molar-refractivity contribution in [3.05, 3.63) is 12.3 Å². The van der Waals surface area contributed by atoms with E-state index in [1.165, 1.54) is 0 Å². The van der Waals surface area contributed by atoms with Gasteiger partial charge < -0.3 is 4.90 Å². The summed E-state index contributed by atoms with van der Waals surface area (Å²) in [5.41, 5.74) is 0. The van der Waals surface area contributed by atoms with Crippen LogP contribution < -0.4 is 0 Å². The number of piperidine rings is 1. The van der Waals surface area contributed by atoms with Gasteiger partial charge in [-0.3, -0.25) is 0 Å². The molecule has 2 heteroatoms. The first-order chi connectivity index (χ1) is 4.88. The summed E-state index contributed by atoms with van der Waals surface area (Å²) in [5.74, 6) is 0.937. The molecule has 2 heterocycles. The highest BCUT2D eigenvalue weighted by molar-refractivity contribution is 5.06. The standard InChI is InChI=1S/C8H10N2/c9-4-8-3-7-1-2-10(5-7)6-8/h1-2,7-8H,3,5-6H2. The van der Waals surface area contributed by atoms with Crippen molar-refractivity contribution >= 4 is 0 Å². The van der Waals surface area contributed by atoms with Crippen LogP contribution >= 0.6 is 0 Å². The molecule has 2 unspecified atom stereocenters. The molecule has 10 heavy (non-hydrogen) atoms.